The average Bonchev–Trinajstić information content (AvgIpc) is 3.44. The molecule has 172 valence electrons. The molecule has 1 N–H and O–H groups in total. The van der Waals surface area contributed by atoms with Crippen LogP contribution in [0.15, 0.2) is 42.6 Å². The summed E-state index contributed by atoms with van der Waals surface area (Å²) in [6, 6.07) is 12.0. The number of nitrogens with one attached hydrogen (secondary N) is 1. The fraction of sp³-hybridized carbons (Fsp3) is 0.269. The first-order chi connectivity index (χ1) is 16.4. The van der Waals surface area contributed by atoms with E-state index in [1.165, 1.54) is 23.5 Å². The minimum absolute atomic E-state index is 0.120. The van der Waals surface area contributed by atoms with Crippen LogP contribution >= 0.6 is 22.9 Å². The van der Waals surface area contributed by atoms with Crippen LogP contribution < -0.4 is 0 Å². The van der Waals surface area contributed by atoms with E-state index in [1.54, 1.807) is 18.2 Å². The average molecular weight is 493 g/mol. The number of rotatable bonds is 7. The highest BCUT2D eigenvalue weighted by molar-refractivity contribution is 7.15. The van der Waals surface area contributed by atoms with Gasteiger partial charge in [-0.3, -0.25) is 4.79 Å². The third kappa shape index (κ3) is 4.56. The number of benzene rings is 2. The van der Waals surface area contributed by atoms with Crippen LogP contribution in [0, 0.1) is 30.0 Å². The van der Waals surface area contributed by atoms with Crippen LogP contribution in [0.2, 0.25) is 5.02 Å². The molecule has 8 heteroatoms. The number of fused-ring (bicyclic) bond motifs is 1. The lowest BCUT2D eigenvalue weighted by molar-refractivity contribution is 0.0745. The third-order valence-electron chi connectivity index (χ3n) is 6.13. The van der Waals surface area contributed by atoms with E-state index >= 15 is 0 Å². The van der Waals surface area contributed by atoms with Crippen molar-refractivity contribution >= 4 is 39.7 Å². The van der Waals surface area contributed by atoms with Crippen LogP contribution in [-0.2, 0) is 6.42 Å². The van der Waals surface area contributed by atoms with Crippen molar-refractivity contribution in [3.8, 4) is 16.5 Å². The molecule has 0 atom stereocenters. The second-order valence-corrected chi connectivity index (χ2v) is 10.3. The largest absolute Gasteiger partial charge is 0.361 e. The zero-order chi connectivity index (χ0) is 23.8. The van der Waals surface area contributed by atoms with Gasteiger partial charge < -0.3 is 9.88 Å². The second kappa shape index (κ2) is 9.21. The Balaban J connectivity index is 1.44. The van der Waals surface area contributed by atoms with E-state index < -0.39 is 0 Å². The molecule has 2 heterocycles. The molecular formula is C26H22ClFN4OS. The van der Waals surface area contributed by atoms with Crippen molar-refractivity contribution in [2.75, 3.05) is 13.1 Å². The maximum Gasteiger partial charge on any atom is 0.274 e. The summed E-state index contributed by atoms with van der Waals surface area (Å²) in [5, 5.41) is 11.4. The van der Waals surface area contributed by atoms with Gasteiger partial charge in [-0.05, 0) is 73.6 Å². The van der Waals surface area contributed by atoms with Crippen molar-refractivity contribution in [2.45, 2.75) is 26.2 Å². The van der Waals surface area contributed by atoms with Gasteiger partial charge in [-0.15, -0.1) is 11.3 Å². The van der Waals surface area contributed by atoms with Gasteiger partial charge in [0.05, 0.1) is 20.5 Å². The Kier molecular flexibility index (Phi) is 6.11. The van der Waals surface area contributed by atoms with Gasteiger partial charge in [0.15, 0.2) is 0 Å². The predicted molar refractivity (Wildman–Crippen MR) is 133 cm³/mol. The number of aromatic amines is 1. The summed E-state index contributed by atoms with van der Waals surface area (Å²) >= 11 is 7.55. The molecule has 1 amide bonds. The van der Waals surface area contributed by atoms with Crippen LogP contribution in [0.25, 0.3) is 21.3 Å². The summed E-state index contributed by atoms with van der Waals surface area (Å²) in [6.07, 6.45) is 4.74. The number of halogens is 2. The van der Waals surface area contributed by atoms with Crippen LogP contribution in [-0.4, -0.2) is 33.9 Å². The van der Waals surface area contributed by atoms with Crippen molar-refractivity contribution < 1.29 is 9.18 Å². The molecule has 0 radical (unpaired) electrons. The fourth-order valence-electron chi connectivity index (χ4n) is 4.17. The molecular weight excluding hydrogens is 471 g/mol. The smallest absolute Gasteiger partial charge is 0.274 e. The van der Waals surface area contributed by atoms with Crippen LogP contribution in [0.5, 0.6) is 0 Å². The van der Waals surface area contributed by atoms with E-state index in [2.05, 4.69) is 16.0 Å². The maximum atomic E-state index is 13.8. The van der Waals surface area contributed by atoms with Gasteiger partial charge in [0.25, 0.3) is 5.91 Å². The summed E-state index contributed by atoms with van der Waals surface area (Å²) in [5.74, 6) is 0.112. The van der Waals surface area contributed by atoms with Gasteiger partial charge in [0, 0.05) is 30.2 Å². The van der Waals surface area contributed by atoms with Crippen molar-refractivity contribution in [1.29, 1.82) is 5.26 Å². The molecule has 1 aliphatic rings. The predicted octanol–water partition coefficient (Wildman–Crippen LogP) is 6.36. The van der Waals surface area contributed by atoms with E-state index in [4.69, 9.17) is 11.6 Å². The normalized spacial score (nSPS) is 13.2. The fourth-order valence-corrected chi connectivity index (χ4v) is 5.24. The SMILES string of the molecule is Cc1nc(C(=O)N(CCc2c[nH]c3ccc(F)cc23)CC2CC2)c(-c2ccc(Cl)c(C#N)c2)s1. The maximum absolute atomic E-state index is 13.8. The van der Waals surface area contributed by atoms with E-state index in [-0.39, 0.29) is 11.7 Å². The molecule has 1 fully saturated rings. The molecule has 1 aliphatic carbocycles. The summed E-state index contributed by atoms with van der Waals surface area (Å²) in [6.45, 7) is 3.06. The van der Waals surface area contributed by atoms with Gasteiger partial charge in [0.2, 0.25) is 0 Å². The van der Waals surface area contributed by atoms with Crippen LogP contribution in [0.1, 0.15) is 39.5 Å². The Hall–Kier alpha value is -3.21. The van der Waals surface area contributed by atoms with Gasteiger partial charge in [-0.1, -0.05) is 17.7 Å². The van der Waals surface area contributed by atoms with E-state index in [9.17, 15) is 14.4 Å². The highest BCUT2D eigenvalue weighted by Gasteiger charge is 2.30. The Morgan fingerprint density at radius 2 is 2.15 bits per heavy atom. The number of aryl methyl sites for hydroxylation is 1. The van der Waals surface area contributed by atoms with Crippen molar-refractivity contribution in [3.63, 3.8) is 0 Å². The Morgan fingerprint density at radius 3 is 2.91 bits per heavy atom. The topological polar surface area (TPSA) is 72.8 Å². The molecule has 0 bridgehead atoms. The molecule has 0 aliphatic heterocycles. The van der Waals surface area contributed by atoms with E-state index in [0.717, 1.165) is 44.8 Å². The van der Waals surface area contributed by atoms with Crippen molar-refractivity contribution in [2.24, 2.45) is 5.92 Å². The number of hydrogen-bond donors (Lipinski definition) is 1. The Labute approximate surface area is 205 Å². The molecule has 4 aromatic rings. The van der Waals surface area contributed by atoms with Crippen molar-refractivity contribution in [1.82, 2.24) is 14.9 Å². The summed E-state index contributed by atoms with van der Waals surface area (Å²) in [5.41, 5.74) is 3.39. The number of hydrogen-bond acceptors (Lipinski definition) is 4. The summed E-state index contributed by atoms with van der Waals surface area (Å²) in [7, 11) is 0. The number of carbonyl (C=O) groups excluding carboxylic acids is 1. The van der Waals surface area contributed by atoms with Crippen molar-refractivity contribution in [3.05, 3.63) is 75.3 Å². The van der Waals surface area contributed by atoms with Gasteiger partial charge in [-0.25, -0.2) is 9.37 Å². The van der Waals surface area contributed by atoms with Crippen LogP contribution in [0.3, 0.4) is 0 Å². The Morgan fingerprint density at radius 1 is 1.32 bits per heavy atom. The second-order valence-electron chi connectivity index (χ2n) is 8.67. The molecule has 1 saturated carbocycles. The number of H-pyrrole nitrogens is 1. The molecule has 34 heavy (non-hydrogen) atoms. The molecule has 5 nitrogen and oxygen atoms in total. The number of nitriles is 1. The number of nitrogens with zero attached hydrogens (tertiary/aromatic N) is 3. The van der Waals surface area contributed by atoms with Crippen LogP contribution in [0.4, 0.5) is 4.39 Å². The zero-order valence-electron chi connectivity index (χ0n) is 18.6. The number of amides is 1. The lowest BCUT2D eigenvalue weighted by Crippen LogP contribution is -2.35. The molecule has 0 saturated heterocycles. The first-order valence-corrected chi connectivity index (χ1v) is 12.3. The number of aromatic nitrogens is 2. The first kappa shape index (κ1) is 22.6. The molecule has 2 aromatic heterocycles. The lowest BCUT2D eigenvalue weighted by Gasteiger charge is -2.22. The Bertz CT molecular complexity index is 1430. The standard InChI is InChI=1S/C26H22ClFN4OS/c1-15-31-24(25(34-15)17-4-6-22(27)19(10-17)12-29)26(33)32(14-16-2-3-16)9-8-18-13-30-23-7-5-20(28)11-21(18)23/h4-7,10-11,13,16,30H,2-3,8-9,14H2,1H3. The summed E-state index contributed by atoms with van der Waals surface area (Å²) < 4.78 is 13.8. The number of carbonyl (C=O) groups is 1. The molecule has 0 unspecified atom stereocenters. The monoisotopic (exact) mass is 492 g/mol. The van der Waals surface area contributed by atoms with Gasteiger partial charge >= 0.3 is 0 Å². The zero-order valence-corrected chi connectivity index (χ0v) is 20.1. The minimum atomic E-state index is -0.276. The summed E-state index contributed by atoms with van der Waals surface area (Å²) in [4.78, 5) is 24.1. The molecule has 0 spiro atoms. The highest BCUT2D eigenvalue weighted by Crippen LogP contribution is 2.35. The minimum Gasteiger partial charge on any atom is -0.361 e. The molecule has 2 aromatic carbocycles. The lowest BCUT2D eigenvalue weighted by atomic mass is 10.1. The van der Waals surface area contributed by atoms with E-state index in [0.29, 0.717) is 41.7 Å². The quantitative estimate of drug-likeness (QED) is 0.326. The molecule has 5 rings (SSSR count). The van der Waals surface area contributed by atoms with E-state index in [1.807, 2.05) is 24.1 Å². The third-order valence-corrected chi connectivity index (χ3v) is 7.48. The first-order valence-electron chi connectivity index (χ1n) is 11.1. The van der Waals surface area contributed by atoms with Gasteiger partial charge in [-0.2, -0.15) is 5.26 Å². The van der Waals surface area contributed by atoms with Gasteiger partial charge in [0.1, 0.15) is 17.6 Å². The highest BCUT2D eigenvalue weighted by atomic mass is 35.5. The number of thiazole rings is 1.